The quantitative estimate of drug-likeness (QED) is 0.924. The first kappa shape index (κ1) is 10.1. The van der Waals surface area contributed by atoms with E-state index in [0.29, 0.717) is 18.3 Å². The lowest BCUT2D eigenvalue weighted by Gasteiger charge is -2.02. The largest absolute Gasteiger partial charge is 0.376 e. The van der Waals surface area contributed by atoms with Gasteiger partial charge in [-0.2, -0.15) is 4.98 Å². The van der Waals surface area contributed by atoms with Crippen molar-refractivity contribution < 1.29 is 4.52 Å². The van der Waals surface area contributed by atoms with E-state index in [1.807, 2.05) is 6.07 Å². The second kappa shape index (κ2) is 4.39. The molecule has 0 atom stereocenters. The van der Waals surface area contributed by atoms with E-state index < -0.39 is 0 Å². The maximum absolute atomic E-state index is 4.85. The number of aryl methyl sites for hydroxylation is 1. The Morgan fingerprint density at radius 1 is 1.47 bits per heavy atom. The number of pyridine rings is 1. The lowest BCUT2D eigenvalue weighted by atomic mass is 10.4. The minimum Gasteiger partial charge on any atom is -0.376 e. The first-order valence-electron chi connectivity index (χ1n) is 4.37. The van der Waals surface area contributed by atoms with Gasteiger partial charge >= 0.3 is 0 Å². The van der Waals surface area contributed by atoms with Crippen LogP contribution in [0.15, 0.2) is 27.5 Å². The van der Waals surface area contributed by atoms with Crippen molar-refractivity contribution in [3.8, 4) is 0 Å². The maximum atomic E-state index is 4.85. The van der Waals surface area contributed by atoms with Crippen LogP contribution in [0.3, 0.4) is 0 Å². The summed E-state index contributed by atoms with van der Waals surface area (Å²) in [5, 5.41) is 6.91. The summed E-state index contributed by atoms with van der Waals surface area (Å²) in [6, 6.07) is 1.93. The summed E-state index contributed by atoms with van der Waals surface area (Å²) in [5.74, 6) is 1.20. The molecular formula is C9H9BrN4O. The standard InChI is InChI=1S/C9H9BrN4O/c1-6-13-9(14-15-6)5-12-8-2-7(10)3-11-4-8/h2-4,12H,5H2,1H3. The number of rotatable bonds is 3. The smallest absolute Gasteiger partial charge is 0.223 e. The molecule has 0 saturated carbocycles. The van der Waals surface area contributed by atoms with Crippen LogP contribution in [-0.4, -0.2) is 15.1 Å². The molecular weight excluding hydrogens is 260 g/mol. The molecule has 15 heavy (non-hydrogen) atoms. The Morgan fingerprint density at radius 3 is 3.00 bits per heavy atom. The highest BCUT2D eigenvalue weighted by molar-refractivity contribution is 9.10. The number of hydrogen-bond acceptors (Lipinski definition) is 5. The summed E-state index contributed by atoms with van der Waals surface area (Å²) >= 11 is 3.34. The van der Waals surface area contributed by atoms with Crippen molar-refractivity contribution in [2.45, 2.75) is 13.5 Å². The highest BCUT2D eigenvalue weighted by Crippen LogP contribution is 2.13. The molecule has 6 heteroatoms. The van der Waals surface area contributed by atoms with Gasteiger partial charge in [-0.1, -0.05) is 5.16 Å². The Morgan fingerprint density at radius 2 is 2.33 bits per heavy atom. The lowest BCUT2D eigenvalue weighted by molar-refractivity contribution is 0.388. The Kier molecular flexibility index (Phi) is 2.96. The number of nitrogens with zero attached hydrogens (tertiary/aromatic N) is 3. The van der Waals surface area contributed by atoms with Gasteiger partial charge in [0.2, 0.25) is 5.89 Å². The van der Waals surface area contributed by atoms with Gasteiger partial charge in [0.25, 0.3) is 0 Å². The molecule has 0 aliphatic heterocycles. The van der Waals surface area contributed by atoms with Crippen molar-refractivity contribution in [1.82, 2.24) is 15.1 Å². The second-order valence-electron chi connectivity index (χ2n) is 2.98. The Labute approximate surface area is 95.0 Å². The molecule has 0 aliphatic rings. The number of halogens is 1. The Balaban J connectivity index is 1.99. The molecule has 0 radical (unpaired) electrons. The van der Waals surface area contributed by atoms with Crippen molar-refractivity contribution in [2.75, 3.05) is 5.32 Å². The van der Waals surface area contributed by atoms with Gasteiger partial charge in [0.15, 0.2) is 5.82 Å². The van der Waals surface area contributed by atoms with Crippen LogP contribution < -0.4 is 5.32 Å². The van der Waals surface area contributed by atoms with E-state index in [4.69, 9.17) is 4.52 Å². The van der Waals surface area contributed by atoms with Gasteiger partial charge in [0.1, 0.15) is 0 Å². The molecule has 1 N–H and O–H groups in total. The van der Waals surface area contributed by atoms with Crippen LogP contribution in [0, 0.1) is 6.92 Å². The average Bonchev–Trinajstić information content (AvgIpc) is 2.62. The summed E-state index contributed by atoms with van der Waals surface area (Å²) in [6.07, 6.45) is 3.46. The molecule has 78 valence electrons. The van der Waals surface area contributed by atoms with E-state index in [2.05, 4.69) is 36.4 Å². The van der Waals surface area contributed by atoms with Crippen LogP contribution >= 0.6 is 15.9 Å². The molecule has 2 heterocycles. The molecule has 0 aliphatic carbocycles. The zero-order chi connectivity index (χ0) is 10.7. The Hall–Kier alpha value is -1.43. The molecule has 0 spiro atoms. The van der Waals surface area contributed by atoms with Crippen molar-refractivity contribution in [1.29, 1.82) is 0 Å². The minimum atomic E-state index is 0.523. The zero-order valence-corrected chi connectivity index (χ0v) is 9.65. The van der Waals surface area contributed by atoms with Crippen LogP contribution in [0.5, 0.6) is 0 Å². The highest BCUT2D eigenvalue weighted by atomic mass is 79.9. The second-order valence-corrected chi connectivity index (χ2v) is 3.89. The average molecular weight is 269 g/mol. The number of anilines is 1. The van der Waals surface area contributed by atoms with Crippen LogP contribution in [0.4, 0.5) is 5.69 Å². The first-order valence-corrected chi connectivity index (χ1v) is 5.17. The van der Waals surface area contributed by atoms with Gasteiger partial charge in [0, 0.05) is 17.6 Å². The van der Waals surface area contributed by atoms with Gasteiger partial charge < -0.3 is 9.84 Å². The summed E-state index contributed by atoms with van der Waals surface area (Å²) in [7, 11) is 0. The molecule has 0 unspecified atom stereocenters. The third-order valence-corrected chi connectivity index (χ3v) is 2.16. The van der Waals surface area contributed by atoms with Crippen LogP contribution in [-0.2, 0) is 6.54 Å². The van der Waals surface area contributed by atoms with E-state index in [-0.39, 0.29) is 0 Å². The molecule has 0 aromatic carbocycles. The SMILES string of the molecule is Cc1nc(CNc2cncc(Br)c2)no1. The van der Waals surface area contributed by atoms with Crippen LogP contribution in [0.25, 0.3) is 0 Å². The fraction of sp³-hybridized carbons (Fsp3) is 0.222. The van der Waals surface area contributed by atoms with E-state index >= 15 is 0 Å². The van der Waals surface area contributed by atoms with Crippen molar-refractivity contribution in [2.24, 2.45) is 0 Å². The minimum absolute atomic E-state index is 0.523. The topological polar surface area (TPSA) is 63.8 Å². The third kappa shape index (κ3) is 2.76. The highest BCUT2D eigenvalue weighted by Gasteiger charge is 2.01. The zero-order valence-electron chi connectivity index (χ0n) is 8.07. The van der Waals surface area contributed by atoms with E-state index in [1.54, 1.807) is 19.3 Å². The summed E-state index contributed by atoms with van der Waals surface area (Å²) < 4.78 is 5.78. The fourth-order valence-corrected chi connectivity index (χ4v) is 1.47. The third-order valence-electron chi connectivity index (χ3n) is 1.73. The number of aromatic nitrogens is 3. The van der Waals surface area contributed by atoms with Gasteiger partial charge in [-0.3, -0.25) is 4.98 Å². The van der Waals surface area contributed by atoms with E-state index in [0.717, 1.165) is 10.2 Å². The molecule has 2 aromatic rings. The molecule has 2 aromatic heterocycles. The molecule has 5 nitrogen and oxygen atoms in total. The Bertz CT molecular complexity index is 457. The van der Waals surface area contributed by atoms with E-state index in [1.165, 1.54) is 0 Å². The van der Waals surface area contributed by atoms with Gasteiger partial charge in [-0.05, 0) is 22.0 Å². The van der Waals surface area contributed by atoms with Crippen LogP contribution in [0.1, 0.15) is 11.7 Å². The summed E-state index contributed by atoms with van der Waals surface area (Å²) in [6.45, 7) is 2.28. The first-order chi connectivity index (χ1) is 7.24. The molecule has 2 rings (SSSR count). The predicted octanol–water partition coefficient (Wildman–Crippen LogP) is 2.15. The van der Waals surface area contributed by atoms with Gasteiger partial charge in [0.05, 0.1) is 18.4 Å². The van der Waals surface area contributed by atoms with Gasteiger partial charge in [-0.25, -0.2) is 0 Å². The van der Waals surface area contributed by atoms with Crippen molar-refractivity contribution in [3.63, 3.8) is 0 Å². The fourth-order valence-electron chi connectivity index (χ4n) is 1.10. The number of nitrogens with one attached hydrogen (secondary N) is 1. The molecule has 0 fully saturated rings. The molecule has 0 amide bonds. The number of hydrogen-bond donors (Lipinski definition) is 1. The normalized spacial score (nSPS) is 10.3. The summed E-state index contributed by atoms with van der Waals surface area (Å²) in [5.41, 5.74) is 0.909. The lowest BCUT2D eigenvalue weighted by Crippen LogP contribution is -2.01. The molecule has 0 bridgehead atoms. The summed E-state index contributed by atoms with van der Waals surface area (Å²) in [4.78, 5) is 8.10. The van der Waals surface area contributed by atoms with E-state index in [9.17, 15) is 0 Å². The maximum Gasteiger partial charge on any atom is 0.223 e. The van der Waals surface area contributed by atoms with Gasteiger partial charge in [-0.15, -0.1) is 0 Å². The monoisotopic (exact) mass is 268 g/mol. The predicted molar refractivity (Wildman–Crippen MR) is 58.3 cm³/mol. The van der Waals surface area contributed by atoms with Crippen molar-refractivity contribution in [3.05, 3.63) is 34.6 Å². The van der Waals surface area contributed by atoms with Crippen LogP contribution in [0.2, 0.25) is 0 Å². The van der Waals surface area contributed by atoms with Crippen molar-refractivity contribution >= 4 is 21.6 Å². The molecule has 0 saturated heterocycles.